The highest BCUT2D eigenvalue weighted by Gasteiger charge is 2.17. The number of ether oxygens (including phenoxy) is 1. The van der Waals surface area contributed by atoms with Gasteiger partial charge < -0.3 is 10.5 Å². The topological polar surface area (TPSA) is 69.4 Å². The second-order valence-electron chi connectivity index (χ2n) is 2.94. The van der Waals surface area contributed by atoms with Gasteiger partial charge in [-0.15, -0.1) is 0 Å². The lowest BCUT2D eigenvalue weighted by Gasteiger charge is -2.08. The number of nitrogens with two attached hydrogens (primary N) is 1. The van der Waals surface area contributed by atoms with E-state index in [0.29, 0.717) is 5.75 Å². The first-order chi connectivity index (χ1) is 6.51. The first-order valence-corrected chi connectivity index (χ1v) is 5.74. The van der Waals surface area contributed by atoms with Crippen molar-refractivity contribution in [2.24, 2.45) is 5.73 Å². The molecule has 0 aliphatic heterocycles. The number of hydrogen-bond acceptors (Lipinski definition) is 4. The summed E-state index contributed by atoms with van der Waals surface area (Å²) in [4.78, 5) is 0.146. The third-order valence-electron chi connectivity index (χ3n) is 1.87. The average Bonchev–Trinajstić information content (AvgIpc) is 2.17. The molecule has 0 aliphatic carbocycles. The first kappa shape index (κ1) is 11.0. The lowest BCUT2D eigenvalue weighted by molar-refractivity contribution is 0.402. The fourth-order valence-corrected chi connectivity index (χ4v) is 2.03. The smallest absolute Gasteiger partial charge is 0.194 e. The van der Waals surface area contributed by atoms with Crippen LogP contribution in [-0.2, 0) is 9.84 Å². The van der Waals surface area contributed by atoms with Crippen LogP contribution in [0.4, 0.5) is 0 Å². The van der Waals surface area contributed by atoms with E-state index in [9.17, 15) is 8.42 Å². The Morgan fingerprint density at radius 3 is 2.57 bits per heavy atom. The Kier molecular flexibility index (Phi) is 3.13. The number of hydrogen-bond donors (Lipinski definition) is 1. The standard InChI is InChI=1S/C9H13NO3S/c1-7-3-4-9(8(5-7)13-2)14(11,12)6-10/h3-5H,6,10H2,1-2H3. The largest absolute Gasteiger partial charge is 0.495 e. The molecule has 0 heterocycles. The average molecular weight is 215 g/mol. The van der Waals surface area contributed by atoms with E-state index in [1.807, 2.05) is 6.92 Å². The molecule has 0 amide bonds. The van der Waals surface area contributed by atoms with Gasteiger partial charge in [0.2, 0.25) is 0 Å². The molecule has 0 bridgehead atoms. The minimum Gasteiger partial charge on any atom is -0.495 e. The predicted octanol–water partition coefficient (Wildman–Crippen LogP) is 0.694. The van der Waals surface area contributed by atoms with Crippen LogP contribution in [0.5, 0.6) is 5.75 Å². The molecule has 0 saturated carbocycles. The van der Waals surface area contributed by atoms with E-state index >= 15 is 0 Å². The van der Waals surface area contributed by atoms with E-state index in [-0.39, 0.29) is 4.90 Å². The monoisotopic (exact) mass is 215 g/mol. The van der Waals surface area contributed by atoms with E-state index in [2.05, 4.69) is 0 Å². The molecule has 0 fully saturated rings. The van der Waals surface area contributed by atoms with Gasteiger partial charge in [-0.1, -0.05) is 6.07 Å². The zero-order valence-electron chi connectivity index (χ0n) is 8.15. The van der Waals surface area contributed by atoms with Crippen LogP contribution in [0.3, 0.4) is 0 Å². The second kappa shape index (κ2) is 3.98. The van der Waals surface area contributed by atoms with Gasteiger partial charge in [0.25, 0.3) is 0 Å². The van der Waals surface area contributed by atoms with Crippen molar-refractivity contribution in [2.75, 3.05) is 13.0 Å². The molecule has 0 atom stereocenters. The van der Waals surface area contributed by atoms with Crippen LogP contribution in [0, 0.1) is 6.92 Å². The first-order valence-electron chi connectivity index (χ1n) is 4.08. The van der Waals surface area contributed by atoms with Gasteiger partial charge in [0.1, 0.15) is 16.5 Å². The highest BCUT2D eigenvalue weighted by atomic mass is 32.2. The second-order valence-corrected chi connectivity index (χ2v) is 4.94. The van der Waals surface area contributed by atoms with Crippen molar-refractivity contribution in [1.82, 2.24) is 0 Å². The minimum atomic E-state index is -3.40. The van der Waals surface area contributed by atoms with Gasteiger partial charge >= 0.3 is 0 Å². The molecule has 78 valence electrons. The van der Waals surface area contributed by atoms with Gasteiger partial charge in [-0.2, -0.15) is 0 Å². The fraction of sp³-hybridized carbons (Fsp3) is 0.333. The number of methoxy groups -OCH3 is 1. The summed E-state index contributed by atoms with van der Waals surface area (Å²) in [6, 6.07) is 4.89. The van der Waals surface area contributed by atoms with Crippen molar-refractivity contribution in [2.45, 2.75) is 11.8 Å². The maximum absolute atomic E-state index is 11.5. The zero-order chi connectivity index (χ0) is 10.8. The molecule has 0 aromatic heterocycles. The third kappa shape index (κ3) is 2.05. The van der Waals surface area contributed by atoms with Crippen LogP contribution >= 0.6 is 0 Å². The van der Waals surface area contributed by atoms with E-state index in [4.69, 9.17) is 10.5 Å². The summed E-state index contributed by atoms with van der Waals surface area (Å²) in [6.07, 6.45) is 0. The summed E-state index contributed by atoms with van der Waals surface area (Å²) in [5, 5.41) is 0. The molecule has 0 radical (unpaired) electrons. The molecule has 14 heavy (non-hydrogen) atoms. The van der Waals surface area contributed by atoms with Crippen LogP contribution in [0.1, 0.15) is 5.56 Å². The number of benzene rings is 1. The van der Waals surface area contributed by atoms with Crippen LogP contribution in [0.2, 0.25) is 0 Å². The van der Waals surface area contributed by atoms with E-state index in [0.717, 1.165) is 5.56 Å². The molecule has 1 aromatic carbocycles. The maximum atomic E-state index is 11.5. The van der Waals surface area contributed by atoms with Gasteiger partial charge in [-0.3, -0.25) is 0 Å². The zero-order valence-corrected chi connectivity index (χ0v) is 8.97. The van der Waals surface area contributed by atoms with Gasteiger partial charge in [0.15, 0.2) is 9.84 Å². The lowest BCUT2D eigenvalue weighted by atomic mass is 10.2. The van der Waals surface area contributed by atoms with E-state index in [1.54, 1.807) is 12.1 Å². The van der Waals surface area contributed by atoms with Crippen molar-refractivity contribution < 1.29 is 13.2 Å². The lowest BCUT2D eigenvalue weighted by Crippen LogP contribution is -2.15. The van der Waals surface area contributed by atoms with Crippen LogP contribution < -0.4 is 10.5 Å². The minimum absolute atomic E-state index is 0.146. The number of rotatable bonds is 3. The normalized spacial score (nSPS) is 11.4. The summed E-state index contributed by atoms with van der Waals surface area (Å²) >= 11 is 0. The molecule has 4 nitrogen and oxygen atoms in total. The van der Waals surface area contributed by atoms with Gasteiger partial charge in [-0.05, 0) is 24.6 Å². The quantitative estimate of drug-likeness (QED) is 0.805. The van der Waals surface area contributed by atoms with Crippen LogP contribution in [0.25, 0.3) is 0 Å². The highest BCUT2D eigenvalue weighted by molar-refractivity contribution is 7.91. The van der Waals surface area contributed by atoms with Crippen molar-refractivity contribution >= 4 is 9.84 Å². The van der Waals surface area contributed by atoms with Gasteiger partial charge in [-0.25, -0.2) is 8.42 Å². The summed E-state index contributed by atoms with van der Waals surface area (Å²) < 4.78 is 28.0. The molecule has 1 aromatic rings. The third-order valence-corrected chi connectivity index (χ3v) is 3.32. The molecule has 1 rings (SSSR count). The Bertz CT molecular complexity index is 426. The van der Waals surface area contributed by atoms with Crippen molar-refractivity contribution in [3.63, 3.8) is 0 Å². The number of aryl methyl sites for hydroxylation is 1. The summed E-state index contributed by atoms with van der Waals surface area (Å²) in [7, 11) is -1.97. The molecular formula is C9H13NO3S. The predicted molar refractivity (Wildman–Crippen MR) is 54.0 cm³/mol. The Morgan fingerprint density at radius 2 is 2.07 bits per heavy atom. The molecular weight excluding hydrogens is 202 g/mol. The molecule has 2 N–H and O–H groups in total. The molecule has 0 spiro atoms. The van der Waals surface area contributed by atoms with Crippen LogP contribution in [0.15, 0.2) is 23.1 Å². The Morgan fingerprint density at radius 1 is 1.43 bits per heavy atom. The van der Waals surface area contributed by atoms with Crippen LogP contribution in [-0.4, -0.2) is 21.4 Å². The molecule has 0 saturated heterocycles. The van der Waals surface area contributed by atoms with E-state index in [1.165, 1.54) is 13.2 Å². The molecule has 5 heteroatoms. The van der Waals surface area contributed by atoms with Gasteiger partial charge in [0, 0.05) is 0 Å². The molecule has 0 aliphatic rings. The Hall–Kier alpha value is -1.07. The molecule has 0 unspecified atom stereocenters. The fourth-order valence-electron chi connectivity index (χ4n) is 1.12. The summed E-state index contributed by atoms with van der Waals surface area (Å²) in [5.74, 6) is -0.0673. The van der Waals surface area contributed by atoms with Crippen molar-refractivity contribution in [3.8, 4) is 5.75 Å². The van der Waals surface area contributed by atoms with E-state index < -0.39 is 15.7 Å². The number of sulfone groups is 1. The highest BCUT2D eigenvalue weighted by Crippen LogP contribution is 2.24. The SMILES string of the molecule is COc1cc(C)ccc1S(=O)(=O)CN. The van der Waals surface area contributed by atoms with Crippen molar-refractivity contribution in [1.29, 1.82) is 0 Å². The summed E-state index contributed by atoms with van der Waals surface area (Å²) in [5.41, 5.74) is 6.10. The Labute approximate surface area is 83.6 Å². The van der Waals surface area contributed by atoms with Gasteiger partial charge in [0.05, 0.1) is 7.11 Å². The summed E-state index contributed by atoms with van der Waals surface area (Å²) in [6.45, 7) is 1.86. The Balaban J connectivity index is 3.35. The van der Waals surface area contributed by atoms with Crippen molar-refractivity contribution in [3.05, 3.63) is 23.8 Å². The maximum Gasteiger partial charge on any atom is 0.194 e.